The zero-order chi connectivity index (χ0) is 68.3. The van der Waals surface area contributed by atoms with Crippen LogP contribution in [0, 0.1) is 13.8 Å². The maximum Gasteiger partial charge on any atom is 0.373 e. The Morgan fingerprint density at radius 1 is 0.495 bits per heavy atom. The molecule has 0 radical (unpaired) electrons. The second-order valence-corrected chi connectivity index (χ2v) is 22.6. The van der Waals surface area contributed by atoms with Crippen LogP contribution < -0.4 is 54.7 Å². The first kappa shape index (κ1) is 69.7. The fourth-order valence-electron chi connectivity index (χ4n) is 11.1. The zero-order valence-electron chi connectivity index (χ0n) is 55.3. The number of nitrogen functional groups attached to an aromatic ring is 2. The van der Waals surface area contributed by atoms with Crippen molar-refractivity contribution >= 4 is 35.8 Å². The number of carbonyl (C=O) groups excluding carboxylic acids is 3. The fourth-order valence-corrected chi connectivity index (χ4v) is 11.1. The van der Waals surface area contributed by atoms with Crippen molar-refractivity contribution < 1.29 is 52.3 Å². The van der Waals surface area contributed by atoms with Crippen molar-refractivity contribution in [2.24, 2.45) is 0 Å². The van der Waals surface area contributed by atoms with Crippen LogP contribution in [0.1, 0.15) is 89.2 Å². The number of aromatic nitrogens is 2. The Bertz CT molecular complexity index is 4250. The lowest BCUT2D eigenvalue weighted by molar-refractivity contribution is -0.191. The number of benzene rings is 8. The number of hydrogen-bond acceptors (Lipinski definition) is 16. The van der Waals surface area contributed by atoms with E-state index in [9.17, 15) is 4.79 Å². The average Bonchev–Trinajstić information content (AvgIpc) is 0.782. The quantitative estimate of drug-likeness (QED) is 0.0609. The number of fused-ring (bicyclic) bond motifs is 2. The molecule has 2 aliphatic heterocycles. The molecule has 5 N–H and O–H groups in total. The molecule has 97 heavy (non-hydrogen) atoms. The number of carbonyl (C=O) groups is 1. The summed E-state index contributed by atoms with van der Waals surface area (Å²) in [4.78, 5) is 40.0. The molecule has 2 aromatic heterocycles. The second kappa shape index (κ2) is 35.6. The van der Waals surface area contributed by atoms with Gasteiger partial charge in [-0.25, -0.2) is 9.97 Å². The summed E-state index contributed by atoms with van der Waals surface area (Å²) in [6.45, 7) is 7.32. The summed E-state index contributed by atoms with van der Waals surface area (Å²) >= 11 is 0. The summed E-state index contributed by atoms with van der Waals surface area (Å²) in [6.07, 6.45) is 13.5. The van der Waals surface area contributed by atoms with Gasteiger partial charge in [0.25, 0.3) is 5.91 Å². The Kier molecular flexibility index (Phi) is 25.6. The number of rotatable bonds is 21. The number of amides is 1. The smallest absolute Gasteiger partial charge is 0.373 e. The van der Waals surface area contributed by atoms with Gasteiger partial charge in [0.2, 0.25) is 0 Å². The number of ether oxygens (including phenoxy) is 8. The highest BCUT2D eigenvalue weighted by Gasteiger charge is 2.32. The summed E-state index contributed by atoms with van der Waals surface area (Å²) in [5, 5.41) is 3.64. The van der Waals surface area contributed by atoms with E-state index < -0.39 is 6.04 Å². The number of hydrogen-bond donors (Lipinski definition) is 3. The molecule has 17 heteroatoms. The van der Waals surface area contributed by atoms with E-state index in [1.807, 2.05) is 157 Å². The molecule has 4 heterocycles. The molecule has 0 saturated carbocycles. The van der Waals surface area contributed by atoms with Gasteiger partial charge in [-0.05, 0) is 166 Å². The Morgan fingerprint density at radius 2 is 0.907 bits per heavy atom. The van der Waals surface area contributed by atoms with Gasteiger partial charge in [0.05, 0.1) is 46.1 Å². The van der Waals surface area contributed by atoms with Gasteiger partial charge in [0.1, 0.15) is 38.1 Å². The van der Waals surface area contributed by atoms with Crippen LogP contribution in [0.4, 0.5) is 11.6 Å². The first-order valence-corrected chi connectivity index (χ1v) is 31.6. The van der Waals surface area contributed by atoms with Gasteiger partial charge in [-0.2, -0.15) is 9.59 Å². The predicted molar refractivity (Wildman–Crippen MR) is 377 cm³/mol. The van der Waals surface area contributed by atoms with E-state index in [1.165, 1.54) is 17.3 Å². The van der Waals surface area contributed by atoms with E-state index in [0.717, 1.165) is 91.6 Å². The van der Waals surface area contributed by atoms with Gasteiger partial charge in [0, 0.05) is 25.5 Å². The van der Waals surface area contributed by atoms with Crippen LogP contribution in [-0.2, 0) is 48.9 Å². The molecule has 2 atom stereocenters. The summed E-state index contributed by atoms with van der Waals surface area (Å²) in [7, 11) is 6.63. The van der Waals surface area contributed by atoms with E-state index in [1.54, 1.807) is 52.8 Å². The zero-order valence-corrected chi connectivity index (χ0v) is 55.3. The molecule has 8 aromatic carbocycles. The van der Waals surface area contributed by atoms with Crippen molar-refractivity contribution in [2.75, 3.05) is 53.0 Å². The number of anilines is 2. The third-order valence-electron chi connectivity index (χ3n) is 16.2. The van der Waals surface area contributed by atoms with E-state index >= 15 is 0 Å². The van der Waals surface area contributed by atoms with Crippen LogP contribution in [0.25, 0.3) is 12.2 Å². The maximum absolute atomic E-state index is 14.0. The minimum atomic E-state index is -0.397. The molecule has 2 unspecified atom stereocenters. The van der Waals surface area contributed by atoms with Crippen LogP contribution in [-0.4, -0.2) is 68.5 Å². The van der Waals surface area contributed by atoms with E-state index in [2.05, 4.69) is 82.9 Å². The van der Waals surface area contributed by atoms with E-state index in [4.69, 9.17) is 59.0 Å². The highest BCUT2D eigenvalue weighted by atomic mass is 16.5. The highest BCUT2D eigenvalue weighted by molar-refractivity contribution is 5.95. The summed E-state index contributed by atoms with van der Waals surface area (Å²) in [5.41, 5.74) is 24.6. The van der Waals surface area contributed by atoms with E-state index in [0.29, 0.717) is 79.6 Å². The third-order valence-corrected chi connectivity index (χ3v) is 16.2. The van der Waals surface area contributed by atoms with Gasteiger partial charge < -0.3 is 59.6 Å². The molecule has 0 bridgehead atoms. The monoisotopic (exact) mass is 1300 g/mol. The first-order chi connectivity index (χ1) is 47.4. The molecule has 10 aromatic rings. The van der Waals surface area contributed by atoms with Gasteiger partial charge in [0.15, 0.2) is 46.0 Å². The first-order valence-electron chi connectivity index (χ1n) is 31.6. The summed E-state index contributed by atoms with van der Waals surface area (Å²) in [6, 6.07) is 65.1. The molecule has 0 saturated heterocycles. The van der Waals surface area contributed by atoms with Crippen LogP contribution in [0.5, 0.6) is 46.0 Å². The van der Waals surface area contributed by atoms with Gasteiger partial charge >= 0.3 is 6.15 Å². The number of aryl methyl sites for hydroxylation is 2. The Balaban J connectivity index is 0.000000202. The Labute approximate surface area is 566 Å². The minimum Gasteiger partial charge on any atom is -0.493 e. The van der Waals surface area contributed by atoms with E-state index in [-0.39, 0.29) is 18.1 Å². The minimum absolute atomic E-state index is 0.0565. The van der Waals surface area contributed by atoms with Crippen LogP contribution in [0.3, 0.4) is 0 Å². The summed E-state index contributed by atoms with van der Waals surface area (Å²) < 4.78 is 47.6. The Hall–Kier alpha value is -11.7. The number of methoxy groups -OCH3 is 4. The van der Waals surface area contributed by atoms with Crippen molar-refractivity contribution in [3.8, 4) is 46.0 Å². The number of nitrogens with one attached hydrogen (secondary N) is 1. The number of nitrogens with two attached hydrogens (primary N) is 2. The van der Waals surface area contributed by atoms with Crippen molar-refractivity contribution in [3.05, 3.63) is 297 Å². The van der Waals surface area contributed by atoms with Crippen LogP contribution in [0.15, 0.2) is 225 Å². The third kappa shape index (κ3) is 19.5. The maximum atomic E-state index is 14.0. The van der Waals surface area contributed by atoms with Gasteiger partial charge in [-0.1, -0.05) is 152 Å². The number of pyridine rings is 2. The van der Waals surface area contributed by atoms with Crippen molar-refractivity contribution in [2.45, 2.75) is 65.2 Å². The molecule has 17 nitrogen and oxygen atoms in total. The molecule has 2 aliphatic rings. The normalized spacial score (nSPS) is 13.5. The number of nitrogens with zero attached hydrogens (tertiary/aromatic N) is 3. The average molecular weight is 1300 g/mol. The molecular weight excluding hydrogens is 1220 g/mol. The second-order valence-electron chi connectivity index (χ2n) is 22.6. The SMILES string of the molecule is COc1cc(C)c(/C=C/C2NCCc3cc(OCc4ccccc4)c(OC)cc32)cc1OCc1ccccc1.COc1cc(C)c(/C=C/C2c3cc(OC)c(OCc4ccccc4)cc3CCN2C(=O)c2ccc(N)nc2)cc1OCc1ccccc1.Nc1ccccn1.O=C=O. The molecule has 0 fully saturated rings. The fraction of sp³-hybridized carbons (Fsp3) is 0.200. The van der Waals surface area contributed by atoms with Crippen molar-refractivity contribution in [3.63, 3.8) is 0 Å². The molecule has 496 valence electrons. The Morgan fingerprint density at radius 3 is 1.32 bits per heavy atom. The van der Waals surface area contributed by atoms with Crippen LogP contribution in [0.2, 0.25) is 0 Å². The molecule has 0 aliphatic carbocycles. The van der Waals surface area contributed by atoms with Gasteiger partial charge in [-0.15, -0.1) is 0 Å². The van der Waals surface area contributed by atoms with Crippen molar-refractivity contribution in [1.29, 1.82) is 0 Å². The summed E-state index contributed by atoms with van der Waals surface area (Å²) in [5.74, 6) is 6.33. The largest absolute Gasteiger partial charge is 0.493 e. The molecular formula is C80H80N6O11. The topological polar surface area (TPSA) is 218 Å². The predicted octanol–water partition coefficient (Wildman–Crippen LogP) is 14.8. The lowest BCUT2D eigenvalue weighted by Crippen LogP contribution is -2.39. The standard InChI is InChI=1S/C40H39N3O5.C34H35NO4.C5H6N2.CO2/c1-27-20-35(45-2)37(47-25-28-10-6-4-7-11-28)21-30(27)14-16-34-33-23-36(46-3)38(48-26-29-12-8-5-9-13-29)22-31(33)18-19-43(34)40(44)32-15-17-39(41)42-24-32;1-24-18-31(36-2)33(38-22-25-10-6-4-7-11-25)19-27(24)14-15-30-29-21-32(37-3)34(20-28(29)16-17-35-30)39-23-26-12-8-5-9-13-26;6-5-3-1-2-4-7-5;2-1-3/h4-17,20-24,34H,18-19,25-26H2,1-3H3,(H2,41,42);4-15,18-21,30,35H,16-17,22-23H2,1-3H3;1-4H,(H2,6,7);/b16-14+;15-14+;;. The molecule has 0 spiro atoms. The van der Waals surface area contributed by atoms with Gasteiger partial charge in [-0.3, -0.25) is 4.79 Å². The van der Waals surface area contributed by atoms with Crippen LogP contribution >= 0.6 is 0 Å². The highest BCUT2D eigenvalue weighted by Crippen LogP contribution is 2.42. The van der Waals surface area contributed by atoms with Crippen molar-refractivity contribution in [1.82, 2.24) is 20.2 Å². The lowest BCUT2D eigenvalue weighted by atomic mass is 9.90. The lowest BCUT2D eigenvalue weighted by Gasteiger charge is -2.36. The molecule has 1 amide bonds. The molecule has 12 rings (SSSR count).